The van der Waals surface area contributed by atoms with Crippen LogP contribution in [0.4, 0.5) is 11.4 Å². The Labute approximate surface area is 159 Å². The zero-order valence-corrected chi connectivity index (χ0v) is 16.0. The van der Waals surface area contributed by atoms with E-state index in [4.69, 9.17) is 16.3 Å². The topological polar surface area (TPSA) is 49.9 Å². The molecule has 2 aliphatic heterocycles. The standard InChI is InChI=1S/C19H21ClN2O3S/c20-17-4-1-15(2-5-17)14-26(23,24)22-8-7-16-3-6-18(13-19(16)22)21-9-11-25-12-10-21/h1-6,13H,7-12,14H2. The van der Waals surface area contributed by atoms with Crippen molar-refractivity contribution in [1.82, 2.24) is 0 Å². The van der Waals surface area contributed by atoms with Crippen LogP contribution in [0.1, 0.15) is 11.1 Å². The van der Waals surface area contributed by atoms with Crippen molar-refractivity contribution in [3.8, 4) is 0 Å². The number of hydrogen-bond donors (Lipinski definition) is 0. The Bertz CT molecular complexity index is 894. The van der Waals surface area contributed by atoms with E-state index < -0.39 is 10.0 Å². The van der Waals surface area contributed by atoms with Gasteiger partial charge in [-0.1, -0.05) is 29.8 Å². The van der Waals surface area contributed by atoms with Gasteiger partial charge in [0.15, 0.2) is 0 Å². The Balaban J connectivity index is 1.60. The average Bonchev–Trinajstić information content (AvgIpc) is 3.08. The van der Waals surface area contributed by atoms with Crippen LogP contribution in [-0.4, -0.2) is 41.3 Å². The maximum absolute atomic E-state index is 13.0. The first-order valence-electron chi connectivity index (χ1n) is 8.73. The summed E-state index contributed by atoms with van der Waals surface area (Å²) < 4.78 is 33.0. The quantitative estimate of drug-likeness (QED) is 0.802. The van der Waals surface area contributed by atoms with Crippen molar-refractivity contribution in [3.05, 3.63) is 58.6 Å². The molecule has 0 aliphatic carbocycles. The van der Waals surface area contributed by atoms with E-state index >= 15 is 0 Å². The minimum absolute atomic E-state index is 0.0224. The predicted octanol–water partition coefficient (Wildman–Crippen LogP) is 3.07. The van der Waals surface area contributed by atoms with Crippen molar-refractivity contribution >= 4 is 33.0 Å². The Kier molecular flexibility index (Phi) is 4.82. The van der Waals surface area contributed by atoms with E-state index in [1.165, 1.54) is 0 Å². The summed E-state index contributed by atoms with van der Waals surface area (Å²) in [6.07, 6.45) is 0.749. The van der Waals surface area contributed by atoms with Gasteiger partial charge in [-0.2, -0.15) is 0 Å². The summed E-state index contributed by atoms with van der Waals surface area (Å²) in [5.74, 6) is -0.0224. The number of rotatable bonds is 4. The number of morpholine rings is 1. The lowest BCUT2D eigenvalue weighted by atomic mass is 10.1. The number of sulfonamides is 1. The SMILES string of the molecule is O=S(=O)(Cc1ccc(Cl)cc1)N1CCc2ccc(N3CCOCC3)cc21. The third-order valence-electron chi connectivity index (χ3n) is 4.90. The smallest absolute Gasteiger partial charge is 0.239 e. The third kappa shape index (κ3) is 3.54. The molecule has 0 aromatic heterocycles. The van der Waals surface area contributed by atoms with Gasteiger partial charge in [-0.3, -0.25) is 4.31 Å². The Hall–Kier alpha value is -1.76. The van der Waals surface area contributed by atoms with Crippen molar-refractivity contribution in [3.63, 3.8) is 0 Å². The van der Waals surface area contributed by atoms with Crippen LogP contribution in [0.25, 0.3) is 0 Å². The van der Waals surface area contributed by atoms with E-state index in [9.17, 15) is 8.42 Å². The molecule has 2 aromatic carbocycles. The molecule has 0 amide bonds. The van der Waals surface area contributed by atoms with Gasteiger partial charge in [0.05, 0.1) is 24.7 Å². The fourth-order valence-electron chi connectivity index (χ4n) is 3.51. The van der Waals surface area contributed by atoms with Crippen LogP contribution in [0.2, 0.25) is 5.02 Å². The van der Waals surface area contributed by atoms with Gasteiger partial charge in [-0.05, 0) is 41.8 Å². The highest BCUT2D eigenvalue weighted by atomic mass is 35.5. The van der Waals surface area contributed by atoms with E-state index in [-0.39, 0.29) is 5.75 Å². The first-order chi connectivity index (χ1) is 12.5. The van der Waals surface area contributed by atoms with Gasteiger partial charge < -0.3 is 9.64 Å². The lowest BCUT2D eigenvalue weighted by Crippen LogP contribution is -2.36. The number of nitrogens with zero attached hydrogens (tertiary/aromatic N) is 2. The molecule has 1 saturated heterocycles. The van der Waals surface area contributed by atoms with Crippen LogP contribution in [0, 0.1) is 0 Å². The molecule has 26 heavy (non-hydrogen) atoms. The molecular formula is C19H21ClN2O3S. The van der Waals surface area contributed by atoms with Crippen LogP contribution in [0.15, 0.2) is 42.5 Å². The molecule has 0 saturated carbocycles. The van der Waals surface area contributed by atoms with E-state index in [0.717, 1.165) is 42.0 Å². The third-order valence-corrected chi connectivity index (χ3v) is 6.90. The zero-order valence-electron chi connectivity index (χ0n) is 14.4. The van der Waals surface area contributed by atoms with Crippen LogP contribution in [0.5, 0.6) is 0 Å². The molecule has 7 heteroatoms. The molecule has 2 heterocycles. The van der Waals surface area contributed by atoms with Crippen molar-refractivity contribution in [2.45, 2.75) is 12.2 Å². The highest BCUT2D eigenvalue weighted by Gasteiger charge is 2.30. The number of halogens is 1. The van der Waals surface area contributed by atoms with Crippen LogP contribution in [-0.2, 0) is 26.9 Å². The molecule has 0 N–H and O–H groups in total. The van der Waals surface area contributed by atoms with E-state index in [2.05, 4.69) is 17.0 Å². The summed E-state index contributed by atoms with van der Waals surface area (Å²) in [6.45, 7) is 3.57. The van der Waals surface area contributed by atoms with E-state index in [0.29, 0.717) is 24.8 Å². The van der Waals surface area contributed by atoms with Gasteiger partial charge in [0.1, 0.15) is 0 Å². The summed E-state index contributed by atoms with van der Waals surface area (Å²) in [6, 6.07) is 13.1. The monoisotopic (exact) mass is 392 g/mol. The first-order valence-corrected chi connectivity index (χ1v) is 10.7. The van der Waals surface area contributed by atoms with Crippen LogP contribution >= 0.6 is 11.6 Å². The number of anilines is 2. The lowest BCUT2D eigenvalue weighted by molar-refractivity contribution is 0.122. The Morgan fingerprint density at radius 3 is 2.46 bits per heavy atom. The molecule has 138 valence electrons. The first kappa shape index (κ1) is 17.6. The second kappa shape index (κ2) is 7.10. The van der Waals surface area contributed by atoms with Gasteiger partial charge >= 0.3 is 0 Å². The van der Waals surface area contributed by atoms with Crippen LogP contribution in [0.3, 0.4) is 0 Å². The summed E-state index contributed by atoms with van der Waals surface area (Å²) in [7, 11) is -3.44. The largest absolute Gasteiger partial charge is 0.378 e. The molecule has 0 bridgehead atoms. The molecular weight excluding hydrogens is 372 g/mol. The fourth-order valence-corrected chi connectivity index (χ4v) is 5.25. The molecule has 0 unspecified atom stereocenters. The summed E-state index contributed by atoms with van der Waals surface area (Å²) >= 11 is 5.89. The minimum Gasteiger partial charge on any atom is -0.378 e. The van der Waals surface area contributed by atoms with Crippen molar-refractivity contribution in [2.24, 2.45) is 0 Å². The van der Waals surface area contributed by atoms with E-state index in [1.54, 1.807) is 28.6 Å². The molecule has 2 aliphatic rings. The zero-order chi connectivity index (χ0) is 18.1. The minimum atomic E-state index is -3.44. The maximum atomic E-state index is 13.0. The Morgan fingerprint density at radius 1 is 1.00 bits per heavy atom. The number of benzene rings is 2. The number of fused-ring (bicyclic) bond motifs is 1. The number of hydrogen-bond acceptors (Lipinski definition) is 4. The second-order valence-electron chi connectivity index (χ2n) is 6.62. The van der Waals surface area contributed by atoms with Crippen LogP contribution < -0.4 is 9.21 Å². The van der Waals surface area contributed by atoms with Gasteiger partial charge in [0.25, 0.3) is 0 Å². The predicted molar refractivity (Wildman–Crippen MR) is 105 cm³/mol. The summed E-state index contributed by atoms with van der Waals surface area (Å²) in [5, 5.41) is 0.604. The molecule has 1 fully saturated rings. The number of ether oxygens (including phenoxy) is 1. The van der Waals surface area contributed by atoms with Gasteiger partial charge in [-0.25, -0.2) is 8.42 Å². The van der Waals surface area contributed by atoms with Crippen molar-refractivity contribution in [1.29, 1.82) is 0 Å². The Morgan fingerprint density at radius 2 is 1.73 bits per heavy atom. The normalized spacial score (nSPS) is 17.4. The van der Waals surface area contributed by atoms with Gasteiger partial charge in [0.2, 0.25) is 10.0 Å². The molecule has 0 spiro atoms. The molecule has 0 atom stereocenters. The second-order valence-corrected chi connectivity index (χ2v) is 8.95. The fraction of sp³-hybridized carbons (Fsp3) is 0.368. The molecule has 0 radical (unpaired) electrons. The summed E-state index contributed by atoms with van der Waals surface area (Å²) in [4.78, 5) is 2.24. The lowest BCUT2D eigenvalue weighted by Gasteiger charge is -2.30. The van der Waals surface area contributed by atoms with Crippen molar-refractivity contribution < 1.29 is 13.2 Å². The molecule has 2 aromatic rings. The van der Waals surface area contributed by atoms with E-state index in [1.807, 2.05) is 6.07 Å². The van der Waals surface area contributed by atoms with Crippen molar-refractivity contribution in [2.75, 3.05) is 42.1 Å². The van der Waals surface area contributed by atoms with Gasteiger partial charge in [0, 0.05) is 30.3 Å². The molecule has 5 nitrogen and oxygen atoms in total. The molecule has 4 rings (SSSR count). The maximum Gasteiger partial charge on any atom is 0.239 e. The van der Waals surface area contributed by atoms with Gasteiger partial charge in [-0.15, -0.1) is 0 Å². The average molecular weight is 393 g/mol. The summed E-state index contributed by atoms with van der Waals surface area (Å²) in [5.41, 5.74) is 3.69. The highest BCUT2D eigenvalue weighted by molar-refractivity contribution is 7.92. The highest BCUT2D eigenvalue weighted by Crippen LogP contribution is 2.35.